The highest BCUT2D eigenvalue weighted by molar-refractivity contribution is 5.79. The highest BCUT2D eigenvalue weighted by Crippen LogP contribution is 2.22. The molecule has 0 spiro atoms. The lowest BCUT2D eigenvalue weighted by atomic mass is 9.86. The van der Waals surface area contributed by atoms with E-state index in [0.29, 0.717) is 6.54 Å². The molecule has 1 heterocycles. The molecule has 2 N–H and O–H groups in total. The van der Waals surface area contributed by atoms with Crippen molar-refractivity contribution in [2.75, 3.05) is 13.6 Å². The molecule has 1 aromatic heterocycles. The van der Waals surface area contributed by atoms with Gasteiger partial charge in [0.25, 0.3) is 0 Å². The third kappa shape index (κ3) is 6.44. The molecule has 6 nitrogen and oxygen atoms in total. The number of nitrogens with one attached hydrogen (secondary N) is 2. The van der Waals surface area contributed by atoms with Crippen molar-refractivity contribution < 1.29 is 0 Å². The second kappa shape index (κ2) is 10.1. The fourth-order valence-electron chi connectivity index (χ4n) is 3.24. The van der Waals surface area contributed by atoms with Gasteiger partial charge in [-0.05, 0) is 34.1 Å². The Kier molecular flexibility index (Phi) is 7.22. The monoisotopic (exact) mass is 404 g/mol. The summed E-state index contributed by atoms with van der Waals surface area (Å²) in [6, 6.07) is 17.4. The zero-order valence-electron chi connectivity index (χ0n) is 18.4. The van der Waals surface area contributed by atoms with Crippen LogP contribution in [0.2, 0.25) is 0 Å². The van der Waals surface area contributed by atoms with Crippen LogP contribution in [0.15, 0.2) is 66.2 Å². The second-order valence-electron chi connectivity index (χ2n) is 8.46. The SMILES string of the molecule is CN=C(NCCc1ccc(C(C)(C)C)cc1)NCc1cccc(Cn2cncn2)c1. The molecular weight excluding hydrogens is 372 g/mol. The van der Waals surface area contributed by atoms with Crippen LogP contribution in [0, 0.1) is 0 Å². The summed E-state index contributed by atoms with van der Waals surface area (Å²) < 4.78 is 1.82. The van der Waals surface area contributed by atoms with Crippen LogP contribution >= 0.6 is 0 Å². The van der Waals surface area contributed by atoms with Gasteiger partial charge in [-0.1, -0.05) is 69.3 Å². The van der Waals surface area contributed by atoms with Gasteiger partial charge >= 0.3 is 0 Å². The highest BCUT2D eigenvalue weighted by Gasteiger charge is 2.12. The summed E-state index contributed by atoms with van der Waals surface area (Å²) in [5.74, 6) is 0.808. The molecule has 0 atom stereocenters. The first-order valence-electron chi connectivity index (χ1n) is 10.4. The van der Waals surface area contributed by atoms with E-state index in [1.54, 1.807) is 19.7 Å². The summed E-state index contributed by atoms with van der Waals surface area (Å²) in [5, 5.41) is 11.0. The van der Waals surface area contributed by atoms with Crippen LogP contribution in [0.4, 0.5) is 0 Å². The number of nitrogens with zero attached hydrogens (tertiary/aromatic N) is 4. The number of aliphatic imine (C=N–C) groups is 1. The van der Waals surface area contributed by atoms with Crippen LogP contribution in [0.1, 0.15) is 43.0 Å². The molecule has 0 aliphatic heterocycles. The van der Waals surface area contributed by atoms with Gasteiger partial charge in [0.2, 0.25) is 0 Å². The van der Waals surface area contributed by atoms with Crippen molar-refractivity contribution in [1.82, 2.24) is 25.4 Å². The number of aromatic nitrogens is 3. The van der Waals surface area contributed by atoms with Gasteiger partial charge in [0.1, 0.15) is 12.7 Å². The lowest BCUT2D eigenvalue weighted by Gasteiger charge is -2.19. The number of benzene rings is 2. The maximum absolute atomic E-state index is 4.34. The lowest BCUT2D eigenvalue weighted by molar-refractivity contribution is 0.590. The van der Waals surface area contributed by atoms with Crippen molar-refractivity contribution >= 4 is 5.96 Å². The van der Waals surface area contributed by atoms with Crippen LogP contribution in [0.25, 0.3) is 0 Å². The van der Waals surface area contributed by atoms with Gasteiger partial charge in [-0.3, -0.25) is 4.99 Å². The fraction of sp³-hybridized carbons (Fsp3) is 0.375. The van der Waals surface area contributed by atoms with Gasteiger partial charge < -0.3 is 10.6 Å². The molecule has 30 heavy (non-hydrogen) atoms. The Hall–Kier alpha value is -3.15. The average Bonchev–Trinajstić information content (AvgIpc) is 3.23. The van der Waals surface area contributed by atoms with E-state index in [2.05, 4.69) is 95.0 Å². The van der Waals surface area contributed by atoms with Crippen LogP contribution in [-0.4, -0.2) is 34.3 Å². The maximum atomic E-state index is 4.34. The second-order valence-corrected chi connectivity index (χ2v) is 8.46. The molecule has 6 heteroatoms. The highest BCUT2D eigenvalue weighted by atomic mass is 15.3. The molecule has 0 aliphatic carbocycles. The van der Waals surface area contributed by atoms with Crippen molar-refractivity contribution in [3.05, 3.63) is 83.4 Å². The largest absolute Gasteiger partial charge is 0.356 e. The van der Waals surface area contributed by atoms with Crippen LogP contribution < -0.4 is 10.6 Å². The van der Waals surface area contributed by atoms with Crippen molar-refractivity contribution in [2.24, 2.45) is 4.99 Å². The molecular formula is C24H32N6. The molecule has 2 aromatic carbocycles. The lowest BCUT2D eigenvalue weighted by Crippen LogP contribution is -2.37. The molecule has 0 fully saturated rings. The predicted molar refractivity (Wildman–Crippen MR) is 123 cm³/mol. The first kappa shape index (κ1) is 21.6. The van der Waals surface area contributed by atoms with Gasteiger partial charge in [0, 0.05) is 20.1 Å². The van der Waals surface area contributed by atoms with Crippen molar-refractivity contribution in [3.63, 3.8) is 0 Å². The Morgan fingerprint density at radius 2 is 1.77 bits per heavy atom. The Labute approximate surface area is 179 Å². The minimum Gasteiger partial charge on any atom is -0.356 e. The van der Waals surface area contributed by atoms with E-state index in [4.69, 9.17) is 0 Å². The topological polar surface area (TPSA) is 67.1 Å². The van der Waals surface area contributed by atoms with E-state index in [0.717, 1.165) is 25.5 Å². The number of hydrogen-bond donors (Lipinski definition) is 2. The summed E-state index contributed by atoms with van der Waals surface area (Å²) in [6.07, 6.45) is 4.24. The number of guanidine groups is 1. The first-order chi connectivity index (χ1) is 14.4. The molecule has 3 rings (SSSR count). The minimum atomic E-state index is 0.190. The minimum absolute atomic E-state index is 0.190. The zero-order valence-corrected chi connectivity index (χ0v) is 18.4. The van der Waals surface area contributed by atoms with E-state index in [1.165, 1.54) is 22.3 Å². The van der Waals surface area contributed by atoms with E-state index >= 15 is 0 Å². The molecule has 0 saturated heterocycles. The molecule has 0 amide bonds. The molecule has 0 unspecified atom stereocenters. The molecule has 0 saturated carbocycles. The first-order valence-corrected chi connectivity index (χ1v) is 10.4. The summed E-state index contributed by atoms with van der Waals surface area (Å²) in [5.41, 5.74) is 5.28. The Morgan fingerprint density at radius 1 is 1.00 bits per heavy atom. The Balaban J connectivity index is 1.46. The Bertz CT molecular complexity index is 937. The summed E-state index contributed by atoms with van der Waals surface area (Å²) in [4.78, 5) is 8.33. The molecule has 0 bridgehead atoms. The molecule has 0 aliphatic rings. The number of rotatable bonds is 7. The smallest absolute Gasteiger partial charge is 0.191 e. The molecule has 0 radical (unpaired) electrons. The molecule has 158 valence electrons. The third-order valence-corrected chi connectivity index (χ3v) is 5.01. The zero-order chi connectivity index (χ0) is 21.4. The number of hydrogen-bond acceptors (Lipinski definition) is 3. The summed E-state index contributed by atoms with van der Waals surface area (Å²) in [7, 11) is 1.80. The summed E-state index contributed by atoms with van der Waals surface area (Å²) in [6.45, 7) is 8.98. The maximum Gasteiger partial charge on any atom is 0.191 e. The fourth-order valence-corrected chi connectivity index (χ4v) is 3.24. The third-order valence-electron chi connectivity index (χ3n) is 5.01. The van der Waals surface area contributed by atoms with Gasteiger partial charge in [-0.15, -0.1) is 0 Å². The van der Waals surface area contributed by atoms with Crippen LogP contribution in [0.3, 0.4) is 0 Å². The van der Waals surface area contributed by atoms with Gasteiger partial charge in [-0.25, -0.2) is 9.67 Å². The molecule has 3 aromatic rings. The van der Waals surface area contributed by atoms with Crippen molar-refractivity contribution in [3.8, 4) is 0 Å². The van der Waals surface area contributed by atoms with Crippen LogP contribution in [0.5, 0.6) is 0 Å². The van der Waals surface area contributed by atoms with Gasteiger partial charge in [-0.2, -0.15) is 5.10 Å². The van der Waals surface area contributed by atoms with Gasteiger partial charge in [0.15, 0.2) is 5.96 Å². The predicted octanol–water partition coefficient (Wildman–Crippen LogP) is 3.53. The van der Waals surface area contributed by atoms with E-state index < -0.39 is 0 Å². The Morgan fingerprint density at radius 3 is 2.43 bits per heavy atom. The van der Waals surface area contributed by atoms with E-state index in [-0.39, 0.29) is 5.41 Å². The average molecular weight is 405 g/mol. The van der Waals surface area contributed by atoms with Gasteiger partial charge in [0.05, 0.1) is 6.54 Å². The van der Waals surface area contributed by atoms with E-state index in [9.17, 15) is 0 Å². The summed E-state index contributed by atoms with van der Waals surface area (Å²) >= 11 is 0. The quantitative estimate of drug-likeness (QED) is 0.467. The van der Waals surface area contributed by atoms with Crippen LogP contribution in [-0.2, 0) is 24.9 Å². The van der Waals surface area contributed by atoms with Crippen molar-refractivity contribution in [1.29, 1.82) is 0 Å². The standard InChI is InChI=1S/C24H32N6/c1-24(2,3)22-10-8-19(9-11-22)12-13-27-23(25-4)28-15-20-6-5-7-21(14-20)16-30-18-26-17-29-30/h5-11,14,17-18H,12-13,15-16H2,1-4H3,(H2,25,27,28). The normalized spacial score (nSPS) is 12.1. The van der Waals surface area contributed by atoms with E-state index in [1.807, 2.05) is 4.68 Å². The van der Waals surface area contributed by atoms with Crippen molar-refractivity contribution in [2.45, 2.75) is 45.7 Å².